The van der Waals surface area contributed by atoms with Crippen molar-refractivity contribution in [2.75, 3.05) is 0 Å². The van der Waals surface area contributed by atoms with Crippen LogP contribution < -0.4 is 0 Å². The summed E-state index contributed by atoms with van der Waals surface area (Å²) in [4.78, 5) is 8.67. The minimum Gasteiger partial charge on any atom is -0.388 e. The predicted octanol–water partition coefficient (Wildman–Crippen LogP) is 3.28. The number of aliphatic hydroxyl groups is 1. The summed E-state index contributed by atoms with van der Waals surface area (Å²) < 4.78 is 1.84. The highest BCUT2D eigenvalue weighted by molar-refractivity contribution is 6.33. The van der Waals surface area contributed by atoms with Crippen molar-refractivity contribution < 1.29 is 5.11 Å². The Morgan fingerprint density at radius 3 is 2.85 bits per heavy atom. The molecule has 0 atom stereocenters. The van der Waals surface area contributed by atoms with Crippen molar-refractivity contribution in [1.82, 2.24) is 14.5 Å². The number of halogens is 2. The average molecular weight is 308 g/mol. The van der Waals surface area contributed by atoms with Crippen molar-refractivity contribution in [3.8, 4) is 0 Å². The van der Waals surface area contributed by atoms with E-state index in [-0.39, 0.29) is 6.61 Å². The second-order valence-electron chi connectivity index (χ2n) is 4.35. The highest BCUT2D eigenvalue weighted by atomic mass is 35.5. The summed E-state index contributed by atoms with van der Waals surface area (Å²) in [6.07, 6.45) is 1.70. The van der Waals surface area contributed by atoms with Crippen molar-refractivity contribution >= 4 is 34.4 Å². The monoisotopic (exact) mass is 307 g/mol. The molecule has 0 aliphatic carbocycles. The molecule has 3 aromatic rings. The normalized spacial score (nSPS) is 11.2. The van der Waals surface area contributed by atoms with Gasteiger partial charge in [0.2, 0.25) is 0 Å². The number of hydrogen-bond donors (Lipinski definition) is 1. The van der Waals surface area contributed by atoms with E-state index in [0.717, 1.165) is 11.1 Å². The lowest BCUT2D eigenvalue weighted by Crippen LogP contribution is -2.06. The molecule has 0 aliphatic heterocycles. The van der Waals surface area contributed by atoms with Gasteiger partial charge in [0.1, 0.15) is 17.9 Å². The van der Waals surface area contributed by atoms with Gasteiger partial charge < -0.3 is 9.67 Å². The Bertz CT molecular complexity index is 770. The maximum absolute atomic E-state index is 9.45. The van der Waals surface area contributed by atoms with Crippen molar-refractivity contribution in [1.29, 1.82) is 0 Å². The molecule has 2 aromatic heterocycles. The van der Waals surface area contributed by atoms with Crippen LogP contribution in [0.5, 0.6) is 0 Å². The van der Waals surface area contributed by atoms with E-state index in [9.17, 15) is 5.11 Å². The van der Waals surface area contributed by atoms with Crippen molar-refractivity contribution in [3.05, 3.63) is 58.0 Å². The van der Waals surface area contributed by atoms with Gasteiger partial charge >= 0.3 is 0 Å². The Labute approximate surface area is 125 Å². The molecular weight excluding hydrogens is 297 g/mol. The highest BCUT2D eigenvalue weighted by Gasteiger charge is 2.12. The number of aromatic nitrogens is 3. The summed E-state index contributed by atoms with van der Waals surface area (Å²) in [6.45, 7) is 0.303. The molecule has 1 N–H and O–H groups in total. The standard InChI is InChI=1S/C14H11Cl2N3O/c15-10-3-4-11(16)9(6-10)7-19-13(8-20)18-12-2-1-5-17-14(12)19/h1-6,20H,7-8H2. The number of fused-ring (bicyclic) bond motifs is 1. The molecule has 3 rings (SSSR count). The molecule has 0 aliphatic rings. The lowest BCUT2D eigenvalue weighted by Gasteiger charge is -2.09. The van der Waals surface area contributed by atoms with E-state index in [1.165, 1.54) is 0 Å². The number of nitrogens with zero attached hydrogens (tertiary/aromatic N) is 3. The van der Waals surface area contributed by atoms with Gasteiger partial charge in [0, 0.05) is 16.2 Å². The van der Waals surface area contributed by atoms with E-state index in [1.807, 2.05) is 16.7 Å². The molecular formula is C14H11Cl2N3O. The average Bonchev–Trinajstić information content (AvgIpc) is 2.81. The molecule has 0 fully saturated rings. The summed E-state index contributed by atoms with van der Waals surface area (Å²) in [7, 11) is 0. The Morgan fingerprint density at radius 1 is 1.20 bits per heavy atom. The molecule has 2 heterocycles. The van der Waals surface area contributed by atoms with Gasteiger partial charge in [0.15, 0.2) is 5.65 Å². The number of benzene rings is 1. The SMILES string of the molecule is OCc1nc2cccnc2n1Cc1cc(Cl)ccc1Cl. The summed E-state index contributed by atoms with van der Waals surface area (Å²) >= 11 is 12.2. The molecule has 20 heavy (non-hydrogen) atoms. The smallest absolute Gasteiger partial charge is 0.160 e. The number of pyridine rings is 1. The lowest BCUT2D eigenvalue weighted by atomic mass is 10.2. The quantitative estimate of drug-likeness (QED) is 0.808. The fourth-order valence-electron chi connectivity index (χ4n) is 2.13. The molecule has 0 amide bonds. The number of aliphatic hydroxyl groups excluding tert-OH is 1. The van der Waals surface area contributed by atoms with Crippen LogP contribution in [0.25, 0.3) is 11.2 Å². The zero-order valence-electron chi connectivity index (χ0n) is 10.4. The van der Waals surface area contributed by atoms with E-state index >= 15 is 0 Å². The zero-order chi connectivity index (χ0) is 14.1. The largest absolute Gasteiger partial charge is 0.388 e. The first-order chi connectivity index (χ1) is 9.69. The van der Waals surface area contributed by atoms with Gasteiger partial charge in [0.05, 0.1) is 6.54 Å². The number of imidazole rings is 1. The van der Waals surface area contributed by atoms with E-state index in [0.29, 0.717) is 28.1 Å². The van der Waals surface area contributed by atoms with E-state index < -0.39 is 0 Å². The summed E-state index contributed by atoms with van der Waals surface area (Å²) in [5.74, 6) is 0.551. The third-order valence-corrected chi connectivity index (χ3v) is 3.66. The molecule has 4 nitrogen and oxygen atoms in total. The first kappa shape index (κ1) is 13.4. The minimum atomic E-state index is -0.158. The fourth-order valence-corrected chi connectivity index (χ4v) is 2.50. The van der Waals surface area contributed by atoms with Crippen LogP contribution in [0.1, 0.15) is 11.4 Å². The summed E-state index contributed by atoms with van der Waals surface area (Å²) in [6, 6.07) is 8.97. The van der Waals surface area contributed by atoms with Gasteiger partial charge in [-0.1, -0.05) is 23.2 Å². The van der Waals surface area contributed by atoms with Crippen molar-refractivity contribution in [3.63, 3.8) is 0 Å². The summed E-state index contributed by atoms with van der Waals surface area (Å²) in [5, 5.41) is 10.7. The molecule has 1 aromatic carbocycles. The Morgan fingerprint density at radius 2 is 2.05 bits per heavy atom. The number of rotatable bonds is 3. The van der Waals surface area contributed by atoms with Crippen LogP contribution in [-0.4, -0.2) is 19.6 Å². The van der Waals surface area contributed by atoms with Crippen molar-refractivity contribution in [2.24, 2.45) is 0 Å². The van der Waals surface area contributed by atoms with Gasteiger partial charge in [-0.15, -0.1) is 0 Å². The third-order valence-electron chi connectivity index (χ3n) is 3.06. The molecule has 0 spiro atoms. The highest BCUT2D eigenvalue weighted by Crippen LogP contribution is 2.23. The maximum atomic E-state index is 9.45. The maximum Gasteiger partial charge on any atom is 0.160 e. The summed E-state index contributed by atoms with van der Waals surface area (Å²) in [5.41, 5.74) is 2.32. The molecule has 102 valence electrons. The molecule has 0 saturated carbocycles. The van der Waals surface area contributed by atoms with Crippen molar-refractivity contribution in [2.45, 2.75) is 13.2 Å². The number of hydrogen-bond acceptors (Lipinski definition) is 3. The first-order valence-electron chi connectivity index (χ1n) is 6.04. The minimum absolute atomic E-state index is 0.158. The topological polar surface area (TPSA) is 50.9 Å². The van der Waals surface area contributed by atoms with Crippen LogP contribution in [0.3, 0.4) is 0 Å². The molecule has 0 saturated heterocycles. The van der Waals surface area contributed by atoms with Crippen LogP contribution in [0.2, 0.25) is 10.0 Å². The van der Waals surface area contributed by atoms with Gasteiger partial charge in [0.25, 0.3) is 0 Å². The van der Waals surface area contributed by atoms with Crippen LogP contribution in [0.15, 0.2) is 36.5 Å². The molecule has 0 unspecified atom stereocenters. The zero-order valence-corrected chi connectivity index (χ0v) is 11.9. The second-order valence-corrected chi connectivity index (χ2v) is 5.20. The first-order valence-corrected chi connectivity index (χ1v) is 6.79. The van der Waals surface area contributed by atoms with Gasteiger partial charge in [-0.3, -0.25) is 0 Å². The van der Waals surface area contributed by atoms with E-state index in [1.54, 1.807) is 24.4 Å². The molecule has 6 heteroatoms. The van der Waals surface area contributed by atoms with Crippen LogP contribution >= 0.6 is 23.2 Å². The fraction of sp³-hybridized carbons (Fsp3) is 0.143. The van der Waals surface area contributed by atoms with Crippen LogP contribution in [0.4, 0.5) is 0 Å². The van der Waals surface area contributed by atoms with Gasteiger partial charge in [-0.2, -0.15) is 0 Å². The Balaban J connectivity index is 2.12. The van der Waals surface area contributed by atoms with Crippen LogP contribution in [-0.2, 0) is 13.2 Å². The predicted molar refractivity (Wildman–Crippen MR) is 79.0 cm³/mol. The molecule has 0 radical (unpaired) electrons. The van der Waals surface area contributed by atoms with Gasteiger partial charge in [-0.25, -0.2) is 9.97 Å². The van der Waals surface area contributed by atoms with Gasteiger partial charge in [-0.05, 0) is 35.9 Å². The second kappa shape index (κ2) is 5.40. The lowest BCUT2D eigenvalue weighted by molar-refractivity contribution is 0.267. The van der Waals surface area contributed by atoms with E-state index in [4.69, 9.17) is 23.2 Å². The Hall–Kier alpha value is -1.62. The van der Waals surface area contributed by atoms with Crippen LogP contribution in [0, 0.1) is 0 Å². The molecule has 0 bridgehead atoms. The Kier molecular flexibility index (Phi) is 3.61. The van der Waals surface area contributed by atoms with E-state index in [2.05, 4.69) is 9.97 Å². The third kappa shape index (κ3) is 2.38.